The van der Waals surface area contributed by atoms with Crippen LogP contribution in [0.3, 0.4) is 0 Å². The second kappa shape index (κ2) is 8.23. The van der Waals surface area contributed by atoms with E-state index in [-0.39, 0.29) is 11.2 Å². The Balaban J connectivity index is 2.54. The number of amides is 1. The van der Waals surface area contributed by atoms with Gasteiger partial charge in [0.15, 0.2) is 0 Å². The highest BCUT2D eigenvalue weighted by atomic mass is 32.2. The highest BCUT2D eigenvalue weighted by Crippen LogP contribution is 2.24. The van der Waals surface area contributed by atoms with E-state index in [0.29, 0.717) is 5.92 Å². The van der Waals surface area contributed by atoms with Crippen molar-refractivity contribution in [1.82, 2.24) is 10.6 Å². The molecule has 0 aromatic heterocycles. The van der Waals surface area contributed by atoms with E-state index in [0.717, 1.165) is 18.0 Å². The average Bonchev–Trinajstić information content (AvgIpc) is 2.37. The second-order valence-electron chi connectivity index (χ2n) is 5.05. The van der Waals surface area contributed by atoms with Gasteiger partial charge in [0.25, 0.3) is 0 Å². The van der Waals surface area contributed by atoms with Gasteiger partial charge < -0.3 is 10.6 Å². The van der Waals surface area contributed by atoms with Gasteiger partial charge in [0.05, 0.1) is 5.25 Å². The van der Waals surface area contributed by atoms with Crippen LogP contribution in [0, 0.1) is 5.92 Å². The van der Waals surface area contributed by atoms with Crippen LogP contribution in [0.5, 0.6) is 0 Å². The summed E-state index contributed by atoms with van der Waals surface area (Å²) in [7, 11) is 1.67. The molecule has 0 fully saturated rings. The Labute approximate surface area is 120 Å². The van der Waals surface area contributed by atoms with Crippen LogP contribution in [0.15, 0.2) is 29.2 Å². The van der Waals surface area contributed by atoms with Crippen molar-refractivity contribution in [3.8, 4) is 0 Å². The average molecular weight is 280 g/mol. The van der Waals surface area contributed by atoms with E-state index >= 15 is 0 Å². The zero-order valence-corrected chi connectivity index (χ0v) is 13.0. The summed E-state index contributed by atoms with van der Waals surface area (Å²) in [5.74, 6) is 0.721. The first-order valence-corrected chi connectivity index (χ1v) is 7.58. The fourth-order valence-corrected chi connectivity index (χ4v) is 2.70. The number of carbonyl (C=O) groups excluding carboxylic acids is 1. The maximum atomic E-state index is 11.5. The number of carbonyl (C=O) groups is 1. The molecule has 106 valence electrons. The van der Waals surface area contributed by atoms with Gasteiger partial charge in [0, 0.05) is 18.5 Å². The summed E-state index contributed by atoms with van der Waals surface area (Å²) in [5.41, 5.74) is 1.26. The van der Waals surface area contributed by atoms with E-state index in [4.69, 9.17) is 0 Å². The number of hydrogen-bond donors (Lipinski definition) is 2. The van der Waals surface area contributed by atoms with E-state index in [1.54, 1.807) is 18.8 Å². The normalized spacial score (nSPS) is 12.5. The summed E-state index contributed by atoms with van der Waals surface area (Å²) in [6.07, 6.45) is 0. The summed E-state index contributed by atoms with van der Waals surface area (Å²) >= 11 is 1.59. The van der Waals surface area contributed by atoms with Gasteiger partial charge >= 0.3 is 0 Å². The van der Waals surface area contributed by atoms with E-state index in [1.165, 1.54) is 5.56 Å². The van der Waals surface area contributed by atoms with Crippen molar-refractivity contribution in [2.45, 2.75) is 37.5 Å². The molecule has 1 rings (SSSR count). The fourth-order valence-electron chi connectivity index (χ4n) is 1.69. The lowest BCUT2D eigenvalue weighted by atomic mass is 10.2. The molecule has 2 N–H and O–H groups in total. The fraction of sp³-hybridized carbons (Fsp3) is 0.533. The van der Waals surface area contributed by atoms with Crippen molar-refractivity contribution >= 4 is 17.7 Å². The molecule has 1 aromatic carbocycles. The summed E-state index contributed by atoms with van der Waals surface area (Å²) in [4.78, 5) is 12.6. The Hall–Kier alpha value is -1.00. The molecule has 1 atom stereocenters. The second-order valence-corrected chi connectivity index (χ2v) is 6.46. The smallest absolute Gasteiger partial charge is 0.232 e. The van der Waals surface area contributed by atoms with Crippen molar-refractivity contribution in [2.24, 2.45) is 5.92 Å². The highest BCUT2D eigenvalue weighted by molar-refractivity contribution is 8.00. The molecular formula is C15H24N2OS. The topological polar surface area (TPSA) is 41.1 Å². The SMILES string of the molecule is CNC(=O)C(C)Sc1cccc(CNCC(C)C)c1. The third-order valence-electron chi connectivity index (χ3n) is 2.71. The molecule has 0 heterocycles. The third kappa shape index (κ3) is 6.12. The van der Waals surface area contributed by atoms with Crippen LogP contribution in [-0.4, -0.2) is 24.7 Å². The van der Waals surface area contributed by atoms with E-state index in [9.17, 15) is 4.79 Å². The zero-order valence-electron chi connectivity index (χ0n) is 12.2. The van der Waals surface area contributed by atoms with Crippen LogP contribution < -0.4 is 10.6 Å². The molecule has 0 saturated carbocycles. The van der Waals surface area contributed by atoms with Gasteiger partial charge in [0.2, 0.25) is 5.91 Å². The predicted octanol–water partition coefficient (Wildman–Crippen LogP) is 2.66. The summed E-state index contributed by atoms with van der Waals surface area (Å²) in [5, 5.41) is 6.04. The van der Waals surface area contributed by atoms with Crippen molar-refractivity contribution in [2.75, 3.05) is 13.6 Å². The van der Waals surface area contributed by atoms with Gasteiger partial charge in [-0.1, -0.05) is 26.0 Å². The molecule has 1 amide bonds. The van der Waals surface area contributed by atoms with Crippen molar-refractivity contribution in [3.05, 3.63) is 29.8 Å². The minimum absolute atomic E-state index is 0.0633. The zero-order chi connectivity index (χ0) is 14.3. The monoisotopic (exact) mass is 280 g/mol. The molecule has 3 nitrogen and oxygen atoms in total. The van der Waals surface area contributed by atoms with Gasteiger partial charge in [-0.2, -0.15) is 0 Å². The van der Waals surface area contributed by atoms with Gasteiger partial charge in [-0.05, 0) is 37.1 Å². The lowest BCUT2D eigenvalue weighted by Crippen LogP contribution is -2.27. The molecule has 4 heteroatoms. The molecule has 0 aliphatic carbocycles. The van der Waals surface area contributed by atoms with Gasteiger partial charge in [-0.3, -0.25) is 4.79 Å². The maximum Gasteiger partial charge on any atom is 0.232 e. The Morgan fingerprint density at radius 1 is 1.32 bits per heavy atom. The third-order valence-corrected chi connectivity index (χ3v) is 3.80. The van der Waals surface area contributed by atoms with Crippen LogP contribution >= 0.6 is 11.8 Å². The Kier molecular flexibility index (Phi) is 6.95. The van der Waals surface area contributed by atoms with Crippen molar-refractivity contribution in [1.29, 1.82) is 0 Å². The molecular weight excluding hydrogens is 256 g/mol. The Morgan fingerprint density at radius 3 is 2.68 bits per heavy atom. The number of benzene rings is 1. The van der Waals surface area contributed by atoms with Crippen LogP contribution in [0.2, 0.25) is 0 Å². The molecule has 0 aliphatic heterocycles. The predicted molar refractivity (Wildman–Crippen MR) is 82.4 cm³/mol. The summed E-state index contributed by atoms with van der Waals surface area (Å²) in [6, 6.07) is 8.36. The van der Waals surface area contributed by atoms with Crippen LogP contribution in [0.1, 0.15) is 26.3 Å². The minimum Gasteiger partial charge on any atom is -0.358 e. The maximum absolute atomic E-state index is 11.5. The first kappa shape index (κ1) is 16.1. The molecule has 0 radical (unpaired) electrons. The van der Waals surface area contributed by atoms with Crippen LogP contribution in [0.4, 0.5) is 0 Å². The van der Waals surface area contributed by atoms with Gasteiger partial charge in [-0.15, -0.1) is 11.8 Å². The molecule has 0 spiro atoms. The lowest BCUT2D eigenvalue weighted by Gasteiger charge is -2.11. The lowest BCUT2D eigenvalue weighted by molar-refractivity contribution is -0.119. The van der Waals surface area contributed by atoms with Crippen LogP contribution in [-0.2, 0) is 11.3 Å². The van der Waals surface area contributed by atoms with E-state index in [2.05, 4.69) is 42.7 Å². The summed E-state index contributed by atoms with van der Waals surface area (Å²) in [6.45, 7) is 8.22. The molecule has 0 aliphatic rings. The van der Waals surface area contributed by atoms with Crippen molar-refractivity contribution in [3.63, 3.8) is 0 Å². The Morgan fingerprint density at radius 2 is 2.05 bits per heavy atom. The summed E-state index contributed by atoms with van der Waals surface area (Å²) < 4.78 is 0. The number of thioether (sulfide) groups is 1. The van der Waals surface area contributed by atoms with Gasteiger partial charge in [0.1, 0.15) is 0 Å². The van der Waals surface area contributed by atoms with Crippen molar-refractivity contribution < 1.29 is 4.79 Å². The molecule has 0 bridgehead atoms. The number of nitrogens with one attached hydrogen (secondary N) is 2. The standard InChI is InChI=1S/C15H24N2OS/c1-11(2)9-17-10-13-6-5-7-14(8-13)19-12(3)15(18)16-4/h5-8,11-12,17H,9-10H2,1-4H3,(H,16,18). The minimum atomic E-state index is -0.0659. The van der Waals surface area contributed by atoms with E-state index < -0.39 is 0 Å². The molecule has 19 heavy (non-hydrogen) atoms. The quantitative estimate of drug-likeness (QED) is 0.755. The van der Waals surface area contributed by atoms with Gasteiger partial charge in [-0.25, -0.2) is 0 Å². The largest absolute Gasteiger partial charge is 0.358 e. The Bertz CT molecular complexity index is 407. The molecule has 0 saturated heterocycles. The van der Waals surface area contributed by atoms with E-state index in [1.807, 2.05) is 13.0 Å². The first-order valence-electron chi connectivity index (χ1n) is 6.70. The number of rotatable bonds is 7. The van der Waals surface area contributed by atoms with Crippen LogP contribution in [0.25, 0.3) is 0 Å². The number of hydrogen-bond acceptors (Lipinski definition) is 3. The molecule has 1 aromatic rings. The highest BCUT2D eigenvalue weighted by Gasteiger charge is 2.12. The molecule has 1 unspecified atom stereocenters. The first-order chi connectivity index (χ1) is 9.02.